The quantitative estimate of drug-likeness (QED) is 0.396. The summed E-state index contributed by atoms with van der Waals surface area (Å²) in [6, 6.07) is 16.9. The number of nitrogens with zero attached hydrogens (tertiary/aromatic N) is 6. The largest absolute Gasteiger partial charge is 0.459 e. The second kappa shape index (κ2) is 9.92. The molecule has 5 rings (SSSR count). The number of hydrogen-bond donors (Lipinski definition) is 0. The van der Waals surface area contributed by atoms with Gasteiger partial charge >= 0.3 is 0 Å². The molecule has 3 aromatic heterocycles. The van der Waals surface area contributed by atoms with Crippen molar-refractivity contribution in [1.82, 2.24) is 29.5 Å². The van der Waals surface area contributed by atoms with Crippen molar-refractivity contribution in [1.29, 1.82) is 0 Å². The molecule has 1 fully saturated rings. The maximum absolute atomic E-state index is 12.9. The van der Waals surface area contributed by atoms with Crippen LogP contribution in [-0.4, -0.2) is 73.3 Å². The molecule has 0 aliphatic carbocycles. The minimum Gasteiger partial charge on any atom is -0.459 e. The molecule has 0 N–H and O–H groups in total. The van der Waals surface area contributed by atoms with Crippen LogP contribution in [0, 0.1) is 0 Å². The number of amides is 2. The molecule has 4 aromatic rings. The number of thioether (sulfide) groups is 1. The highest BCUT2D eigenvalue weighted by atomic mass is 32.2. The van der Waals surface area contributed by atoms with E-state index >= 15 is 0 Å². The third-order valence-electron chi connectivity index (χ3n) is 5.54. The van der Waals surface area contributed by atoms with E-state index in [4.69, 9.17) is 4.42 Å². The SMILES string of the molecule is O=C(CSc1nnc(-c2cccnc2)n1-c1ccccc1)N1CCN(C(=O)c2ccco2)CC1. The van der Waals surface area contributed by atoms with Crippen molar-refractivity contribution in [2.45, 2.75) is 5.16 Å². The zero-order valence-electron chi connectivity index (χ0n) is 18.3. The van der Waals surface area contributed by atoms with Crippen LogP contribution in [0.25, 0.3) is 17.1 Å². The number of furan rings is 1. The minimum absolute atomic E-state index is 0.000590. The summed E-state index contributed by atoms with van der Waals surface area (Å²) in [7, 11) is 0. The Morgan fingerprint density at radius 3 is 2.41 bits per heavy atom. The monoisotopic (exact) mass is 474 g/mol. The zero-order chi connectivity index (χ0) is 23.3. The molecule has 9 nitrogen and oxygen atoms in total. The predicted octanol–water partition coefficient (Wildman–Crippen LogP) is 3.00. The molecular weight excluding hydrogens is 452 g/mol. The Bertz CT molecular complexity index is 1250. The standard InChI is InChI=1S/C24H22N6O3S/c31-21(28-11-13-29(14-12-28)23(32)20-9-5-15-33-20)17-34-24-27-26-22(18-6-4-10-25-16-18)30(24)19-7-2-1-3-8-19/h1-10,15-16H,11-14,17H2. The van der Waals surface area contributed by atoms with E-state index in [0.717, 1.165) is 11.3 Å². The first-order chi connectivity index (χ1) is 16.7. The Balaban J connectivity index is 1.26. The Labute approximate surface area is 200 Å². The topological polar surface area (TPSA) is 97.4 Å². The van der Waals surface area contributed by atoms with E-state index in [0.29, 0.717) is 42.9 Å². The van der Waals surface area contributed by atoms with Gasteiger partial charge in [-0.1, -0.05) is 30.0 Å². The fraction of sp³-hybridized carbons (Fsp3) is 0.208. The molecule has 0 spiro atoms. The van der Waals surface area contributed by atoms with E-state index in [2.05, 4.69) is 15.2 Å². The molecule has 2 amide bonds. The highest BCUT2D eigenvalue weighted by Crippen LogP contribution is 2.27. The van der Waals surface area contributed by atoms with Crippen LogP contribution in [0.2, 0.25) is 0 Å². The van der Waals surface area contributed by atoms with Gasteiger partial charge in [-0.05, 0) is 36.4 Å². The second-order valence-electron chi connectivity index (χ2n) is 7.66. The molecule has 0 unspecified atom stereocenters. The van der Waals surface area contributed by atoms with Crippen molar-refractivity contribution < 1.29 is 14.0 Å². The first-order valence-corrected chi connectivity index (χ1v) is 11.8. The number of carbonyl (C=O) groups excluding carboxylic acids is 2. The normalized spacial score (nSPS) is 13.8. The van der Waals surface area contributed by atoms with Gasteiger partial charge in [0.2, 0.25) is 5.91 Å². The lowest BCUT2D eigenvalue weighted by atomic mass is 10.2. The summed E-state index contributed by atoms with van der Waals surface area (Å²) in [6.07, 6.45) is 4.94. The highest BCUT2D eigenvalue weighted by Gasteiger charge is 2.26. The summed E-state index contributed by atoms with van der Waals surface area (Å²) >= 11 is 1.35. The molecule has 1 aliphatic rings. The number of hydrogen-bond acceptors (Lipinski definition) is 7. The van der Waals surface area contributed by atoms with Gasteiger partial charge in [-0.3, -0.25) is 19.1 Å². The van der Waals surface area contributed by atoms with Gasteiger partial charge in [-0.2, -0.15) is 0 Å². The van der Waals surface area contributed by atoms with Crippen molar-refractivity contribution >= 4 is 23.6 Å². The summed E-state index contributed by atoms with van der Waals surface area (Å²) in [5.41, 5.74) is 1.75. The summed E-state index contributed by atoms with van der Waals surface area (Å²) in [6.45, 7) is 1.92. The molecule has 10 heteroatoms. The Morgan fingerprint density at radius 1 is 0.912 bits per heavy atom. The average Bonchev–Trinajstić information content (AvgIpc) is 3.59. The molecule has 0 bridgehead atoms. The van der Waals surface area contributed by atoms with Crippen LogP contribution in [0.3, 0.4) is 0 Å². The maximum Gasteiger partial charge on any atom is 0.289 e. The first-order valence-electron chi connectivity index (χ1n) is 10.9. The molecule has 34 heavy (non-hydrogen) atoms. The van der Waals surface area contributed by atoms with E-state index in [1.807, 2.05) is 47.0 Å². The van der Waals surface area contributed by atoms with Gasteiger partial charge < -0.3 is 14.2 Å². The van der Waals surface area contributed by atoms with Crippen molar-refractivity contribution in [3.63, 3.8) is 0 Å². The molecular formula is C24H22N6O3S. The molecule has 1 aromatic carbocycles. The zero-order valence-corrected chi connectivity index (χ0v) is 19.1. The smallest absolute Gasteiger partial charge is 0.289 e. The van der Waals surface area contributed by atoms with Crippen LogP contribution in [0.4, 0.5) is 0 Å². The predicted molar refractivity (Wildman–Crippen MR) is 127 cm³/mol. The van der Waals surface area contributed by atoms with Crippen LogP contribution in [0.1, 0.15) is 10.6 Å². The Hall–Kier alpha value is -3.92. The van der Waals surface area contributed by atoms with Crippen LogP contribution >= 0.6 is 11.8 Å². The van der Waals surface area contributed by atoms with Gasteiger partial charge in [0, 0.05) is 49.8 Å². The number of benzene rings is 1. The van der Waals surface area contributed by atoms with Gasteiger partial charge in [0.15, 0.2) is 16.7 Å². The highest BCUT2D eigenvalue weighted by molar-refractivity contribution is 7.99. The summed E-state index contributed by atoms with van der Waals surface area (Å²) in [5, 5.41) is 9.37. The maximum atomic E-state index is 12.9. The van der Waals surface area contributed by atoms with Gasteiger partial charge in [0.25, 0.3) is 5.91 Å². The second-order valence-corrected chi connectivity index (χ2v) is 8.60. The number of piperazine rings is 1. The number of rotatable bonds is 6. The van der Waals surface area contributed by atoms with Crippen LogP contribution in [-0.2, 0) is 4.79 Å². The molecule has 1 aliphatic heterocycles. The van der Waals surface area contributed by atoms with E-state index in [-0.39, 0.29) is 17.6 Å². The molecule has 1 saturated heterocycles. The van der Waals surface area contributed by atoms with E-state index in [1.165, 1.54) is 18.0 Å². The van der Waals surface area contributed by atoms with Crippen LogP contribution in [0.5, 0.6) is 0 Å². The Morgan fingerprint density at radius 2 is 1.71 bits per heavy atom. The summed E-state index contributed by atoms with van der Waals surface area (Å²) < 4.78 is 7.14. The van der Waals surface area contributed by atoms with E-state index in [1.54, 1.807) is 34.3 Å². The molecule has 0 saturated carbocycles. The average molecular weight is 475 g/mol. The molecule has 172 valence electrons. The van der Waals surface area contributed by atoms with Crippen molar-refractivity contribution in [2.24, 2.45) is 0 Å². The van der Waals surface area contributed by atoms with Crippen molar-refractivity contribution in [3.8, 4) is 17.1 Å². The van der Waals surface area contributed by atoms with Crippen molar-refractivity contribution in [2.75, 3.05) is 31.9 Å². The lowest BCUT2D eigenvalue weighted by Gasteiger charge is -2.34. The fourth-order valence-corrected chi connectivity index (χ4v) is 4.64. The fourth-order valence-electron chi connectivity index (χ4n) is 3.79. The third kappa shape index (κ3) is 4.58. The van der Waals surface area contributed by atoms with E-state index in [9.17, 15) is 9.59 Å². The van der Waals surface area contributed by atoms with Crippen LogP contribution in [0.15, 0.2) is 82.8 Å². The summed E-state index contributed by atoms with van der Waals surface area (Å²) in [5.74, 6) is 1.06. The lowest BCUT2D eigenvalue weighted by molar-refractivity contribution is -0.129. The molecule has 0 radical (unpaired) electrons. The number of aromatic nitrogens is 4. The van der Waals surface area contributed by atoms with Gasteiger partial charge in [0.05, 0.1) is 12.0 Å². The Kier molecular flexibility index (Phi) is 6.39. The van der Waals surface area contributed by atoms with Gasteiger partial charge in [-0.25, -0.2) is 0 Å². The van der Waals surface area contributed by atoms with Crippen molar-refractivity contribution in [3.05, 3.63) is 79.0 Å². The van der Waals surface area contributed by atoms with Crippen LogP contribution < -0.4 is 0 Å². The third-order valence-corrected chi connectivity index (χ3v) is 6.46. The molecule has 4 heterocycles. The van der Waals surface area contributed by atoms with E-state index < -0.39 is 0 Å². The van der Waals surface area contributed by atoms with Gasteiger partial charge in [0.1, 0.15) is 0 Å². The molecule has 0 atom stereocenters. The number of para-hydroxylation sites is 1. The number of pyridine rings is 1. The van der Waals surface area contributed by atoms with Gasteiger partial charge in [-0.15, -0.1) is 10.2 Å². The summed E-state index contributed by atoms with van der Waals surface area (Å²) in [4.78, 5) is 33.0. The minimum atomic E-state index is -0.148. The first kappa shape index (κ1) is 21.9. The number of carbonyl (C=O) groups is 2. The lowest BCUT2D eigenvalue weighted by Crippen LogP contribution is -2.51.